The van der Waals surface area contributed by atoms with Crippen molar-refractivity contribution in [3.8, 4) is 0 Å². The van der Waals surface area contributed by atoms with Gasteiger partial charge in [-0.25, -0.2) is 4.79 Å². The summed E-state index contributed by atoms with van der Waals surface area (Å²) < 4.78 is 4.83. The number of carbonyl (C=O) groups excluding carboxylic acids is 1. The van der Waals surface area contributed by atoms with Gasteiger partial charge in [0.05, 0.1) is 0 Å². The van der Waals surface area contributed by atoms with Crippen LogP contribution >= 0.6 is 0 Å². The summed E-state index contributed by atoms with van der Waals surface area (Å²) in [7, 11) is 0. The van der Waals surface area contributed by atoms with E-state index in [0.717, 1.165) is 5.57 Å². The Hall–Kier alpha value is -1.61. The molecule has 0 spiro atoms. The Bertz CT molecular complexity index is 343. The summed E-state index contributed by atoms with van der Waals surface area (Å²) in [6, 6.07) is 8.67. The Morgan fingerprint density at radius 1 is 1.47 bits per heavy atom. The normalized spacial score (nSPS) is 11.9. The average Bonchev–Trinajstić information content (AvgIpc) is 2.26. The molecule has 0 saturated heterocycles. The predicted octanol–water partition coefficient (Wildman–Crippen LogP) is 1.84. The van der Waals surface area contributed by atoms with Crippen LogP contribution in [0, 0.1) is 0 Å². The molecule has 3 nitrogen and oxygen atoms in total. The summed E-state index contributed by atoms with van der Waals surface area (Å²) in [5.41, 5.74) is 1.27. The summed E-state index contributed by atoms with van der Waals surface area (Å²) in [6.07, 6.45) is -1.22. The highest BCUT2D eigenvalue weighted by atomic mass is 16.5. The van der Waals surface area contributed by atoms with E-state index in [1.165, 1.54) is 0 Å². The standard InChI is InChI=1S/C12H14O3/c1-9(2)8-15-12(14)11(13)10-6-4-3-5-7-10/h3-7,11,13H,1,8H2,2H3/t11-/m0/s1. The molecule has 0 amide bonds. The van der Waals surface area contributed by atoms with E-state index in [-0.39, 0.29) is 6.61 Å². The molecule has 3 heteroatoms. The summed E-state index contributed by atoms with van der Waals surface area (Å²) in [6.45, 7) is 5.49. The predicted molar refractivity (Wildman–Crippen MR) is 57.2 cm³/mol. The lowest BCUT2D eigenvalue weighted by Gasteiger charge is -2.10. The smallest absolute Gasteiger partial charge is 0.339 e. The fraction of sp³-hybridized carbons (Fsp3) is 0.250. The molecule has 0 aliphatic rings. The van der Waals surface area contributed by atoms with Crippen LogP contribution in [0.2, 0.25) is 0 Å². The largest absolute Gasteiger partial charge is 0.459 e. The molecule has 0 aromatic heterocycles. The van der Waals surface area contributed by atoms with Gasteiger partial charge in [0.1, 0.15) is 6.61 Å². The first-order chi connectivity index (χ1) is 7.11. The molecule has 0 aliphatic heterocycles. The van der Waals surface area contributed by atoms with Crippen LogP contribution in [0.4, 0.5) is 0 Å². The van der Waals surface area contributed by atoms with Gasteiger partial charge in [0.25, 0.3) is 0 Å². The fourth-order valence-corrected chi connectivity index (χ4v) is 1.04. The Morgan fingerprint density at radius 2 is 2.07 bits per heavy atom. The topological polar surface area (TPSA) is 46.5 Å². The summed E-state index contributed by atoms with van der Waals surface area (Å²) in [5, 5.41) is 9.60. The molecular weight excluding hydrogens is 192 g/mol. The monoisotopic (exact) mass is 206 g/mol. The van der Waals surface area contributed by atoms with Gasteiger partial charge in [-0.2, -0.15) is 0 Å². The zero-order chi connectivity index (χ0) is 11.3. The number of aliphatic hydroxyl groups excluding tert-OH is 1. The van der Waals surface area contributed by atoms with Gasteiger partial charge in [0.2, 0.25) is 0 Å². The summed E-state index contributed by atoms with van der Waals surface area (Å²) in [5.74, 6) is -0.649. The third kappa shape index (κ3) is 3.56. The van der Waals surface area contributed by atoms with Crippen molar-refractivity contribution in [2.45, 2.75) is 13.0 Å². The number of carbonyl (C=O) groups is 1. The molecule has 1 N–H and O–H groups in total. The highest BCUT2D eigenvalue weighted by Crippen LogP contribution is 2.13. The van der Waals surface area contributed by atoms with E-state index in [1.807, 2.05) is 6.07 Å². The minimum absolute atomic E-state index is 0.142. The second-order valence-electron chi connectivity index (χ2n) is 3.38. The average molecular weight is 206 g/mol. The summed E-state index contributed by atoms with van der Waals surface area (Å²) in [4.78, 5) is 11.3. The van der Waals surface area contributed by atoms with Crippen LogP contribution in [0.3, 0.4) is 0 Å². The van der Waals surface area contributed by atoms with E-state index in [4.69, 9.17) is 4.74 Å². The van der Waals surface area contributed by atoms with Crippen LogP contribution in [-0.4, -0.2) is 17.7 Å². The van der Waals surface area contributed by atoms with Gasteiger partial charge in [0.15, 0.2) is 6.10 Å². The van der Waals surface area contributed by atoms with Crippen molar-refractivity contribution < 1.29 is 14.6 Å². The molecule has 80 valence electrons. The Morgan fingerprint density at radius 3 is 2.60 bits per heavy atom. The summed E-state index contributed by atoms with van der Waals surface area (Å²) >= 11 is 0. The minimum Gasteiger partial charge on any atom is -0.459 e. The highest BCUT2D eigenvalue weighted by molar-refractivity contribution is 5.76. The molecule has 0 saturated carbocycles. The Kier molecular flexibility index (Phi) is 4.06. The fourth-order valence-electron chi connectivity index (χ4n) is 1.04. The number of esters is 1. The van der Waals surface area contributed by atoms with Crippen LogP contribution in [0.1, 0.15) is 18.6 Å². The number of benzene rings is 1. The Balaban J connectivity index is 2.57. The van der Waals surface area contributed by atoms with Crippen molar-refractivity contribution in [2.75, 3.05) is 6.61 Å². The third-order valence-corrected chi connectivity index (χ3v) is 1.80. The van der Waals surface area contributed by atoms with Crippen LogP contribution in [0.5, 0.6) is 0 Å². The van der Waals surface area contributed by atoms with E-state index in [1.54, 1.807) is 31.2 Å². The lowest BCUT2D eigenvalue weighted by atomic mass is 10.1. The van der Waals surface area contributed by atoms with Gasteiger partial charge in [-0.05, 0) is 18.1 Å². The molecule has 1 aromatic rings. The van der Waals surface area contributed by atoms with E-state index in [0.29, 0.717) is 5.56 Å². The van der Waals surface area contributed by atoms with Crippen LogP contribution in [0.25, 0.3) is 0 Å². The van der Waals surface area contributed by atoms with Gasteiger partial charge in [-0.1, -0.05) is 36.9 Å². The first-order valence-corrected chi connectivity index (χ1v) is 4.65. The zero-order valence-electron chi connectivity index (χ0n) is 8.64. The molecule has 0 heterocycles. The minimum atomic E-state index is -1.22. The number of ether oxygens (including phenoxy) is 1. The lowest BCUT2D eigenvalue weighted by Crippen LogP contribution is -2.16. The molecule has 1 aromatic carbocycles. The molecule has 1 atom stereocenters. The maximum atomic E-state index is 11.3. The van der Waals surface area contributed by atoms with Gasteiger partial charge in [0, 0.05) is 0 Å². The van der Waals surface area contributed by atoms with E-state index in [2.05, 4.69) is 6.58 Å². The van der Waals surface area contributed by atoms with Crippen molar-refractivity contribution in [3.63, 3.8) is 0 Å². The lowest BCUT2D eigenvalue weighted by molar-refractivity contribution is -0.152. The highest BCUT2D eigenvalue weighted by Gasteiger charge is 2.18. The first kappa shape index (κ1) is 11.5. The first-order valence-electron chi connectivity index (χ1n) is 4.65. The van der Waals surface area contributed by atoms with E-state index >= 15 is 0 Å². The van der Waals surface area contributed by atoms with E-state index in [9.17, 15) is 9.90 Å². The zero-order valence-corrected chi connectivity index (χ0v) is 8.64. The molecule has 0 radical (unpaired) electrons. The molecule has 1 rings (SSSR count). The maximum Gasteiger partial charge on any atom is 0.339 e. The van der Waals surface area contributed by atoms with Crippen molar-refractivity contribution >= 4 is 5.97 Å². The SMILES string of the molecule is C=C(C)COC(=O)[C@@H](O)c1ccccc1. The maximum absolute atomic E-state index is 11.3. The molecule has 0 aliphatic carbocycles. The van der Waals surface area contributed by atoms with Crippen LogP contribution in [0.15, 0.2) is 42.5 Å². The van der Waals surface area contributed by atoms with Gasteiger partial charge in [-0.3, -0.25) is 0 Å². The quantitative estimate of drug-likeness (QED) is 0.604. The van der Waals surface area contributed by atoms with Crippen LogP contribution in [-0.2, 0) is 9.53 Å². The second-order valence-corrected chi connectivity index (χ2v) is 3.38. The van der Waals surface area contributed by atoms with Gasteiger partial charge in [-0.15, -0.1) is 0 Å². The van der Waals surface area contributed by atoms with Gasteiger partial charge >= 0.3 is 5.97 Å². The second kappa shape index (κ2) is 5.32. The molecule has 0 fully saturated rings. The molecular formula is C12H14O3. The third-order valence-electron chi connectivity index (χ3n) is 1.80. The molecule has 15 heavy (non-hydrogen) atoms. The van der Waals surface area contributed by atoms with Gasteiger partial charge < -0.3 is 9.84 Å². The number of hydrogen-bond acceptors (Lipinski definition) is 3. The molecule has 0 unspecified atom stereocenters. The van der Waals surface area contributed by atoms with E-state index < -0.39 is 12.1 Å². The van der Waals surface area contributed by atoms with Crippen molar-refractivity contribution in [1.82, 2.24) is 0 Å². The Labute approximate surface area is 89.0 Å². The van der Waals surface area contributed by atoms with Crippen molar-refractivity contribution in [1.29, 1.82) is 0 Å². The van der Waals surface area contributed by atoms with Crippen molar-refractivity contribution in [2.24, 2.45) is 0 Å². The number of rotatable bonds is 4. The number of aliphatic hydroxyl groups is 1. The van der Waals surface area contributed by atoms with Crippen LogP contribution < -0.4 is 0 Å². The van der Waals surface area contributed by atoms with Crippen molar-refractivity contribution in [3.05, 3.63) is 48.0 Å². The number of hydrogen-bond donors (Lipinski definition) is 1. The molecule has 0 bridgehead atoms.